The molecule has 1 aliphatic heterocycles. The van der Waals surface area contributed by atoms with Crippen molar-refractivity contribution in [3.8, 4) is 0 Å². The second-order valence-corrected chi connectivity index (χ2v) is 4.89. The minimum Gasteiger partial charge on any atom is -0.394 e. The fraction of sp³-hybridized carbons (Fsp3) is 1.00. The van der Waals surface area contributed by atoms with Crippen LogP contribution >= 0.6 is 23.2 Å². The van der Waals surface area contributed by atoms with Crippen LogP contribution in [0, 0.1) is 0 Å². The molecule has 5 unspecified atom stereocenters. The molecule has 0 amide bonds. The van der Waals surface area contributed by atoms with Gasteiger partial charge in [-0.3, -0.25) is 4.90 Å². The van der Waals surface area contributed by atoms with Crippen LogP contribution in [0.3, 0.4) is 0 Å². The Kier molecular flexibility index (Phi) is 7.12. The third-order valence-corrected chi connectivity index (χ3v) is 3.37. The SMILES string of the molecule is OCC1OC(O)C(O)C(N(CCCl)CCCl)C1O. The molecule has 0 saturated carbocycles. The molecule has 108 valence electrons. The molecule has 1 aliphatic rings. The molecule has 4 N–H and O–H groups in total. The molecule has 0 bridgehead atoms. The lowest BCUT2D eigenvalue weighted by Crippen LogP contribution is -2.65. The summed E-state index contributed by atoms with van der Waals surface area (Å²) in [6.07, 6.45) is -4.81. The van der Waals surface area contributed by atoms with Crippen LogP contribution < -0.4 is 0 Å². The average molecular weight is 304 g/mol. The number of hydrogen-bond donors (Lipinski definition) is 4. The molecular formula is C10H19Cl2NO5. The van der Waals surface area contributed by atoms with E-state index in [-0.39, 0.29) is 0 Å². The molecule has 0 aromatic rings. The molecule has 0 aromatic carbocycles. The van der Waals surface area contributed by atoms with Crippen molar-refractivity contribution in [2.75, 3.05) is 31.5 Å². The van der Waals surface area contributed by atoms with E-state index in [1.807, 2.05) is 0 Å². The van der Waals surface area contributed by atoms with Gasteiger partial charge in [0.15, 0.2) is 6.29 Å². The summed E-state index contributed by atoms with van der Waals surface area (Å²) in [5.41, 5.74) is 0. The Morgan fingerprint density at radius 1 is 1.00 bits per heavy atom. The maximum Gasteiger partial charge on any atom is 0.183 e. The maximum atomic E-state index is 10.1. The fourth-order valence-electron chi connectivity index (χ4n) is 2.14. The molecule has 18 heavy (non-hydrogen) atoms. The summed E-state index contributed by atoms with van der Waals surface area (Å²) in [5, 5.41) is 38.6. The van der Waals surface area contributed by atoms with Gasteiger partial charge >= 0.3 is 0 Å². The zero-order valence-corrected chi connectivity index (χ0v) is 11.3. The first kappa shape index (κ1) is 16.4. The average Bonchev–Trinajstić information content (AvgIpc) is 2.34. The quantitative estimate of drug-likeness (QED) is 0.450. The van der Waals surface area contributed by atoms with Crippen LogP contribution in [0.2, 0.25) is 0 Å². The number of alkyl halides is 2. The molecule has 6 nitrogen and oxygen atoms in total. The van der Waals surface area contributed by atoms with Crippen LogP contribution in [0.4, 0.5) is 0 Å². The highest BCUT2D eigenvalue weighted by molar-refractivity contribution is 6.18. The molecule has 0 aliphatic carbocycles. The van der Waals surface area contributed by atoms with Gasteiger partial charge in [-0.15, -0.1) is 23.2 Å². The third kappa shape index (κ3) is 3.68. The van der Waals surface area contributed by atoms with Crippen LogP contribution in [0.1, 0.15) is 0 Å². The molecule has 1 fully saturated rings. The molecule has 5 atom stereocenters. The van der Waals surface area contributed by atoms with E-state index in [9.17, 15) is 15.3 Å². The highest BCUT2D eigenvalue weighted by Gasteiger charge is 2.46. The lowest BCUT2D eigenvalue weighted by molar-refractivity contribution is -0.275. The highest BCUT2D eigenvalue weighted by Crippen LogP contribution is 2.24. The number of halogens is 2. The normalized spacial score (nSPS) is 37.2. The maximum absolute atomic E-state index is 10.1. The van der Waals surface area contributed by atoms with Crippen LogP contribution in [0.25, 0.3) is 0 Å². The number of aliphatic hydroxyl groups excluding tert-OH is 4. The highest BCUT2D eigenvalue weighted by atomic mass is 35.5. The van der Waals surface area contributed by atoms with E-state index in [4.69, 9.17) is 33.0 Å². The summed E-state index contributed by atoms with van der Waals surface area (Å²) in [5.74, 6) is 0.598. The van der Waals surface area contributed by atoms with Crippen LogP contribution in [0.5, 0.6) is 0 Å². The summed E-state index contributed by atoms with van der Waals surface area (Å²) >= 11 is 11.3. The zero-order valence-electron chi connectivity index (χ0n) is 9.82. The van der Waals surface area contributed by atoms with E-state index in [1.165, 1.54) is 0 Å². The van der Waals surface area contributed by atoms with Crippen LogP contribution in [-0.2, 0) is 4.74 Å². The van der Waals surface area contributed by atoms with Crippen molar-refractivity contribution < 1.29 is 25.2 Å². The zero-order chi connectivity index (χ0) is 13.7. The summed E-state index contributed by atoms with van der Waals surface area (Å²) in [7, 11) is 0. The van der Waals surface area contributed by atoms with E-state index in [0.717, 1.165) is 0 Å². The van der Waals surface area contributed by atoms with Gasteiger partial charge in [-0.05, 0) is 0 Å². The second-order valence-electron chi connectivity index (χ2n) is 4.13. The molecule has 0 radical (unpaired) electrons. The summed E-state index contributed by atoms with van der Waals surface area (Å²) in [6.45, 7) is 0.354. The standard InChI is InChI=1S/C10H19Cl2NO5/c11-1-3-13(4-2-12)7-8(15)6(5-14)18-10(17)9(7)16/h6-10,14-17H,1-5H2. The molecule has 1 rings (SSSR count). The van der Waals surface area contributed by atoms with Crippen molar-refractivity contribution >= 4 is 23.2 Å². The molecule has 0 aromatic heterocycles. The number of nitrogens with zero attached hydrogens (tertiary/aromatic N) is 1. The van der Waals surface area contributed by atoms with Crippen molar-refractivity contribution in [2.45, 2.75) is 30.6 Å². The smallest absolute Gasteiger partial charge is 0.183 e. The Balaban J connectivity index is 2.84. The Hall–Kier alpha value is 0.340. The first-order valence-corrected chi connectivity index (χ1v) is 6.80. The van der Waals surface area contributed by atoms with Gasteiger partial charge in [-0.1, -0.05) is 0 Å². The van der Waals surface area contributed by atoms with Crippen LogP contribution in [0.15, 0.2) is 0 Å². The Morgan fingerprint density at radius 3 is 2.00 bits per heavy atom. The number of aliphatic hydroxyl groups is 4. The van der Waals surface area contributed by atoms with Crippen molar-refractivity contribution in [2.24, 2.45) is 0 Å². The Morgan fingerprint density at radius 2 is 1.56 bits per heavy atom. The van der Waals surface area contributed by atoms with Gasteiger partial charge < -0.3 is 25.2 Å². The van der Waals surface area contributed by atoms with Crippen molar-refractivity contribution in [1.82, 2.24) is 4.90 Å². The Bertz CT molecular complexity index is 242. The molecule has 8 heteroatoms. The van der Waals surface area contributed by atoms with Crippen molar-refractivity contribution in [3.63, 3.8) is 0 Å². The van der Waals surface area contributed by atoms with Gasteiger partial charge in [0.25, 0.3) is 0 Å². The largest absolute Gasteiger partial charge is 0.394 e. The topological polar surface area (TPSA) is 93.4 Å². The molecular weight excluding hydrogens is 285 g/mol. The van der Waals surface area contributed by atoms with E-state index in [0.29, 0.717) is 24.8 Å². The summed E-state index contributed by atoms with van der Waals surface area (Å²) in [6, 6.07) is -0.775. The van der Waals surface area contributed by atoms with Crippen molar-refractivity contribution in [3.05, 3.63) is 0 Å². The number of ether oxygens (including phenoxy) is 1. The van der Waals surface area contributed by atoms with Gasteiger partial charge in [0.1, 0.15) is 18.3 Å². The molecule has 0 spiro atoms. The van der Waals surface area contributed by atoms with E-state index in [1.54, 1.807) is 4.90 Å². The van der Waals surface area contributed by atoms with Gasteiger partial charge in [0.05, 0.1) is 12.6 Å². The van der Waals surface area contributed by atoms with Gasteiger partial charge in [0, 0.05) is 24.8 Å². The molecule has 1 heterocycles. The van der Waals surface area contributed by atoms with E-state index < -0.39 is 37.3 Å². The third-order valence-electron chi connectivity index (χ3n) is 3.03. The number of rotatable bonds is 6. The van der Waals surface area contributed by atoms with Gasteiger partial charge in [-0.2, -0.15) is 0 Å². The minimum atomic E-state index is -1.45. The monoisotopic (exact) mass is 303 g/mol. The predicted octanol–water partition coefficient (Wildman–Crippen LogP) is -1.43. The lowest BCUT2D eigenvalue weighted by Gasteiger charge is -2.45. The second kappa shape index (κ2) is 7.81. The van der Waals surface area contributed by atoms with E-state index >= 15 is 0 Å². The summed E-state index contributed by atoms with van der Waals surface area (Å²) < 4.78 is 4.91. The van der Waals surface area contributed by atoms with Gasteiger partial charge in [-0.25, -0.2) is 0 Å². The van der Waals surface area contributed by atoms with Crippen LogP contribution in [-0.4, -0.2) is 87.4 Å². The number of hydrogen-bond acceptors (Lipinski definition) is 6. The summed E-state index contributed by atoms with van der Waals surface area (Å²) in [4.78, 5) is 1.68. The fourth-order valence-corrected chi connectivity index (χ4v) is 2.58. The minimum absolute atomic E-state index is 0.299. The van der Waals surface area contributed by atoms with Crippen molar-refractivity contribution in [1.29, 1.82) is 0 Å². The first-order chi connectivity index (χ1) is 8.56. The van der Waals surface area contributed by atoms with Gasteiger partial charge in [0.2, 0.25) is 0 Å². The lowest BCUT2D eigenvalue weighted by atomic mass is 9.94. The first-order valence-electron chi connectivity index (χ1n) is 5.73. The van der Waals surface area contributed by atoms with E-state index in [2.05, 4.69) is 0 Å². The molecule has 1 saturated heterocycles. The Labute approximate surface area is 116 Å². The predicted molar refractivity (Wildman–Crippen MR) is 66.8 cm³/mol.